The quantitative estimate of drug-likeness (QED) is 0.769. The predicted molar refractivity (Wildman–Crippen MR) is 75.6 cm³/mol. The molecule has 1 aromatic carbocycles. The van der Waals surface area contributed by atoms with Crippen LogP contribution in [0.25, 0.3) is 0 Å². The first kappa shape index (κ1) is 14.4. The Balaban J connectivity index is 2.21. The lowest BCUT2D eigenvalue weighted by atomic mass is 10.2. The second kappa shape index (κ2) is 6.43. The number of carbonyl (C=O) groups excluding carboxylic acids is 1. The monoisotopic (exact) mass is 294 g/mol. The molecule has 2 aromatic rings. The van der Waals surface area contributed by atoms with Gasteiger partial charge < -0.3 is 9.47 Å². The number of halogens is 1. The van der Waals surface area contributed by atoms with Gasteiger partial charge in [0.2, 0.25) is 0 Å². The van der Waals surface area contributed by atoms with Crippen molar-refractivity contribution < 1.29 is 14.3 Å². The van der Waals surface area contributed by atoms with Gasteiger partial charge >= 0.3 is 0 Å². The first-order valence-corrected chi connectivity index (χ1v) is 6.52. The normalized spacial score (nSPS) is 10.3. The second-order valence-corrected chi connectivity index (χ2v) is 4.57. The summed E-state index contributed by atoms with van der Waals surface area (Å²) in [5, 5.41) is 4.59. The summed E-state index contributed by atoms with van der Waals surface area (Å²) >= 11 is 5.91. The molecule has 0 amide bonds. The molecular weight excluding hydrogens is 280 g/mol. The Kier molecular flexibility index (Phi) is 4.63. The molecule has 0 aliphatic heterocycles. The summed E-state index contributed by atoms with van der Waals surface area (Å²) in [7, 11) is 1.50. The summed E-state index contributed by atoms with van der Waals surface area (Å²) in [5.74, 6) is 0.818. The zero-order chi connectivity index (χ0) is 14.5. The number of nitrogens with zero attached hydrogens (tertiary/aromatic N) is 2. The molecule has 0 fully saturated rings. The molecule has 0 bridgehead atoms. The van der Waals surface area contributed by atoms with Crippen LogP contribution in [0.5, 0.6) is 11.5 Å². The third-order valence-corrected chi connectivity index (χ3v) is 3.01. The first-order valence-electron chi connectivity index (χ1n) is 6.14. The molecule has 20 heavy (non-hydrogen) atoms. The van der Waals surface area contributed by atoms with E-state index in [0.29, 0.717) is 35.0 Å². The lowest BCUT2D eigenvalue weighted by Crippen LogP contribution is -2.00. The molecule has 106 valence electrons. The van der Waals surface area contributed by atoms with Crippen molar-refractivity contribution in [2.75, 3.05) is 7.11 Å². The molecule has 0 N–H and O–H groups in total. The second-order valence-electron chi connectivity index (χ2n) is 4.14. The summed E-state index contributed by atoms with van der Waals surface area (Å²) in [6.07, 6.45) is 4.31. The van der Waals surface area contributed by atoms with E-state index < -0.39 is 0 Å². The number of hydrogen-bond acceptors (Lipinski definition) is 4. The Bertz CT molecular complexity index is 610. The number of ether oxygens (including phenoxy) is 2. The van der Waals surface area contributed by atoms with Crippen molar-refractivity contribution in [2.24, 2.45) is 0 Å². The lowest BCUT2D eigenvalue weighted by molar-refractivity contribution is 0.111. The zero-order valence-electron chi connectivity index (χ0n) is 11.3. The van der Waals surface area contributed by atoms with Crippen molar-refractivity contribution in [1.29, 1.82) is 0 Å². The van der Waals surface area contributed by atoms with Gasteiger partial charge in [0.05, 0.1) is 18.9 Å². The highest BCUT2D eigenvalue weighted by Crippen LogP contribution is 2.34. The number of aldehydes is 1. The molecule has 0 radical (unpaired) electrons. The van der Waals surface area contributed by atoms with Gasteiger partial charge in [-0.15, -0.1) is 0 Å². The molecule has 0 aliphatic carbocycles. The summed E-state index contributed by atoms with van der Waals surface area (Å²) in [5.41, 5.74) is 1.28. The molecule has 0 saturated heterocycles. The van der Waals surface area contributed by atoms with E-state index in [9.17, 15) is 4.79 Å². The van der Waals surface area contributed by atoms with Crippen LogP contribution in [0.4, 0.5) is 0 Å². The Labute approximate surface area is 122 Å². The van der Waals surface area contributed by atoms with E-state index in [0.717, 1.165) is 12.1 Å². The molecule has 2 rings (SSSR count). The molecule has 5 nitrogen and oxygen atoms in total. The lowest BCUT2D eigenvalue weighted by Gasteiger charge is -2.12. The predicted octanol–water partition coefficient (Wildman–Crippen LogP) is 2.96. The first-order chi connectivity index (χ1) is 9.67. The number of aromatic nitrogens is 2. The summed E-state index contributed by atoms with van der Waals surface area (Å²) in [6, 6.07) is 3.15. The van der Waals surface area contributed by atoms with E-state index in [1.165, 1.54) is 7.11 Å². The van der Waals surface area contributed by atoms with Crippen LogP contribution < -0.4 is 9.47 Å². The highest BCUT2D eigenvalue weighted by atomic mass is 35.5. The van der Waals surface area contributed by atoms with Gasteiger partial charge in [-0.1, -0.05) is 11.6 Å². The van der Waals surface area contributed by atoms with Crippen LogP contribution in [0.3, 0.4) is 0 Å². The smallest absolute Gasteiger partial charge is 0.172 e. The highest BCUT2D eigenvalue weighted by Gasteiger charge is 2.13. The van der Waals surface area contributed by atoms with Crippen molar-refractivity contribution in [3.63, 3.8) is 0 Å². The number of rotatable bonds is 6. The van der Waals surface area contributed by atoms with E-state index in [4.69, 9.17) is 21.1 Å². The van der Waals surface area contributed by atoms with E-state index >= 15 is 0 Å². The Hall–Kier alpha value is -2.01. The fourth-order valence-corrected chi connectivity index (χ4v) is 2.01. The molecule has 0 aliphatic rings. The molecule has 0 unspecified atom stereocenters. The molecule has 0 atom stereocenters. The van der Waals surface area contributed by atoms with Gasteiger partial charge in [0, 0.05) is 29.4 Å². The summed E-state index contributed by atoms with van der Waals surface area (Å²) in [6.45, 7) is 3.10. The molecule has 1 aromatic heterocycles. The molecule has 6 heteroatoms. The topological polar surface area (TPSA) is 53.4 Å². The van der Waals surface area contributed by atoms with Crippen LogP contribution in [-0.4, -0.2) is 23.2 Å². The van der Waals surface area contributed by atoms with Crippen LogP contribution in [-0.2, 0) is 13.2 Å². The van der Waals surface area contributed by atoms with Crippen LogP contribution in [0.15, 0.2) is 24.5 Å². The van der Waals surface area contributed by atoms with Crippen LogP contribution in [0, 0.1) is 0 Å². The maximum absolute atomic E-state index is 11.1. The average molecular weight is 295 g/mol. The van der Waals surface area contributed by atoms with Gasteiger partial charge in [0.1, 0.15) is 6.61 Å². The minimum atomic E-state index is 0.304. The number of aryl methyl sites for hydroxylation is 1. The van der Waals surface area contributed by atoms with Crippen molar-refractivity contribution in [3.05, 3.63) is 40.7 Å². The minimum Gasteiger partial charge on any atom is -0.493 e. The summed E-state index contributed by atoms with van der Waals surface area (Å²) < 4.78 is 12.7. The molecular formula is C14H15ClN2O3. The highest BCUT2D eigenvalue weighted by molar-refractivity contribution is 6.31. The fraction of sp³-hybridized carbons (Fsp3) is 0.286. The van der Waals surface area contributed by atoms with Crippen molar-refractivity contribution in [1.82, 2.24) is 9.78 Å². The third kappa shape index (κ3) is 3.11. The average Bonchev–Trinajstić information content (AvgIpc) is 2.92. The van der Waals surface area contributed by atoms with E-state index in [1.807, 2.05) is 13.1 Å². The van der Waals surface area contributed by atoms with E-state index in [-0.39, 0.29) is 0 Å². The fourth-order valence-electron chi connectivity index (χ4n) is 1.79. The Morgan fingerprint density at radius 2 is 2.25 bits per heavy atom. The molecule has 1 heterocycles. The van der Waals surface area contributed by atoms with Crippen LogP contribution in [0.2, 0.25) is 5.02 Å². The van der Waals surface area contributed by atoms with Crippen molar-refractivity contribution in [3.8, 4) is 11.5 Å². The minimum absolute atomic E-state index is 0.304. The standard InChI is InChI=1S/C14H15ClN2O3/c1-3-17-7-10(6-16-17)9-20-14-11(8-18)4-12(15)5-13(14)19-2/h4-8H,3,9H2,1-2H3. The van der Waals surface area contributed by atoms with Gasteiger partial charge in [-0.05, 0) is 13.0 Å². The van der Waals surface area contributed by atoms with Crippen LogP contribution in [0.1, 0.15) is 22.8 Å². The van der Waals surface area contributed by atoms with E-state index in [2.05, 4.69) is 5.10 Å². The Morgan fingerprint density at radius 3 is 2.85 bits per heavy atom. The SMILES string of the molecule is CCn1cc(COc2c(C=O)cc(Cl)cc2OC)cn1. The van der Waals surface area contributed by atoms with Gasteiger partial charge in [0.25, 0.3) is 0 Å². The van der Waals surface area contributed by atoms with E-state index in [1.54, 1.807) is 23.0 Å². The number of carbonyl (C=O) groups is 1. The van der Waals surface area contributed by atoms with Gasteiger partial charge in [-0.25, -0.2) is 0 Å². The van der Waals surface area contributed by atoms with Crippen molar-refractivity contribution >= 4 is 17.9 Å². The van der Waals surface area contributed by atoms with Gasteiger partial charge in [-0.2, -0.15) is 5.10 Å². The zero-order valence-corrected chi connectivity index (χ0v) is 12.1. The molecule has 0 spiro atoms. The van der Waals surface area contributed by atoms with Gasteiger partial charge in [0.15, 0.2) is 17.8 Å². The summed E-state index contributed by atoms with van der Waals surface area (Å²) in [4.78, 5) is 11.1. The van der Waals surface area contributed by atoms with Crippen molar-refractivity contribution in [2.45, 2.75) is 20.1 Å². The Morgan fingerprint density at radius 1 is 1.45 bits per heavy atom. The maximum atomic E-state index is 11.1. The maximum Gasteiger partial charge on any atom is 0.172 e. The third-order valence-electron chi connectivity index (χ3n) is 2.79. The molecule has 0 saturated carbocycles. The van der Waals surface area contributed by atoms with Gasteiger partial charge in [-0.3, -0.25) is 9.48 Å². The number of hydrogen-bond donors (Lipinski definition) is 0. The van der Waals surface area contributed by atoms with Crippen LogP contribution >= 0.6 is 11.6 Å². The number of benzene rings is 1. The largest absolute Gasteiger partial charge is 0.493 e. The number of methoxy groups -OCH3 is 1.